The molecule has 0 bridgehead atoms. The lowest BCUT2D eigenvalue weighted by Gasteiger charge is -2.41. The predicted molar refractivity (Wildman–Crippen MR) is 86.4 cm³/mol. The van der Waals surface area contributed by atoms with E-state index < -0.39 is 6.29 Å². The summed E-state index contributed by atoms with van der Waals surface area (Å²) < 4.78 is 35.8. The molecular weight excluding hydrogens is 314 g/mol. The Labute approximate surface area is 141 Å². The normalized spacial score (nSPS) is 25.6. The van der Waals surface area contributed by atoms with Crippen molar-refractivity contribution in [3.05, 3.63) is 23.8 Å². The molecule has 2 heterocycles. The largest absolute Gasteiger partial charge is 0.586 e. The third kappa shape index (κ3) is 3.22. The summed E-state index contributed by atoms with van der Waals surface area (Å²) in [6.07, 6.45) is 2.69. The Hall–Kier alpha value is -1.40. The summed E-state index contributed by atoms with van der Waals surface area (Å²) in [5.41, 5.74) is 1.07. The highest BCUT2D eigenvalue weighted by Gasteiger charge is 2.44. The zero-order valence-electron chi connectivity index (χ0n) is 13.8. The summed E-state index contributed by atoms with van der Waals surface area (Å²) in [7, 11) is 0. The van der Waals surface area contributed by atoms with Gasteiger partial charge in [-0.2, -0.15) is 0 Å². The third-order valence-corrected chi connectivity index (χ3v) is 5.41. The van der Waals surface area contributed by atoms with Gasteiger partial charge < -0.3 is 14.8 Å². The second-order valence-electron chi connectivity index (χ2n) is 7.00. The maximum absolute atomic E-state index is 13.3. The first-order chi connectivity index (χ1) is 11.6. The summed E-state index contributed by atoms with van der Waals surface area (Å²) in [5, 5.41) is 3.39. The van der Waals surface area contributed by atoms with Gasteiger partial charge in [0.25, 0.3) is 0 Å². The zero-order valence-corrected chi connectivity index (χ0v) is 13.8. The van der Waals surface area contributed by atoms with Crippen LogP contribution in [0.25, 0.3) is 0 Å². The Morgan fingerprint density at radius 3 is 2.50 bits per heavy atom. The van der Waals surface area contributed by atoms with Crippen LogP contribution in [0.2, 0.25) is 0 Å². The molecule has 2 fully saturated rings. The molecule has 1 saturated heterocycles. The van der Waals surface area contributed by atoms with E-state index in [0.717, 1.165) is 31.7 Å². The van der Waals surface area contributed by atoms with E-state index in [1.807, 2.05) is 6.07 Å². The molecule has 0 spiro atoms. The van der Waals surface area contributed by atoms with E-state index in [9.17, 15) is 8.78 Å². The average Bonchev–Trinajstić information content (AvgIpc) is 2.90. The van der Waals surface area contributed by atoms with E-state index in [1.165, 1.54) is 32.1 Å². The fraction of sp³-hybridized carbons (Fsp3) is 0.667. The number of ether oxygens (including phenoxy) is 2. The Kier molecular flexibility index (Phi) is 4.35. The Morgan fingerprint density at radius 1 is 1.04 bits per heavy atom. The van der Waals surface area contributed by atoms with Crippen LogP contribution in [0.15, 0.2) is 18.2 Å². The van der Waals surface area contributed by atoms with Crippen LogP contribution in [0.4, 0.5) is 8.78 Å². The van der Waals surface area contributed by atoms with Crippen molar-refractivity contribution < 1.29 is 18.3 Å². The molecule has 1 saturated carbocycles. The second-order valence-corrected chi connectivity index (χ2v) is 7.00. The number of fused-ring (bicyclic) bond motifs is 1. The van der Waals surface area contributed by atoms with Crippen molar-refractivity contribution in [1.29, 1.82) is 0 Å². The Bertz CT molecular complexity index is 566. The minimum Gasteiger partial charge on any atom is -0.395 e. The third-order valence-electron chi connectivity index (χ3n) is 5.41. The van der Waals surface area contributed by atoms with Crippen LogP contribution in [-0.4, -0.2) is 37.4 Å². The summed E-state index contributed by atoms with van der Waals surface area (Å²) in [4.78, 5) is 2.50. The van der Waals surface area contributed by atoms with Crippen molar-refractivity contribution in [2.24, 2.45) is 5.92 Å². The van der Waals surface area contributed by atoms with Gasteiger partial charge >= 0.3 is 6.29 Å². The molecule has 4 nitrogen and oxygen atoms in total. The van der Waals surface area contributed by atoms with Gasteiger partial charge in [-0.25, -0.2) is 0 Å². The van der Waals surface area contributed by atoms with Crippen molar-refractivity contribution >= 4 is 0 Å². The molecule has 24 heavy (non-hydrogen) atoms. The van der Waals surface area contributed by atoms with Gasteiger partial charge in [0, 0.05) is 32.2 Å². The lowest BCUT2D eigenvalue weighted by Crippen LogP contribution is -2.47. The van der Waals surface area contributed by atoms with E-state index in [4.69, 9.17) is 0 Å². The fourth-order valence-corrected chi connectivity index (χ4v) is 4.34. The number of halogens is 2. The highest BCUT2D eigenvalue weighted by atomic mass is 19.3. The van der Waals surface area contributed by atoms with E-state index in [1.54, 1.807) is 12.1 Å². The molecule has 6 heteroatoms. The minimum atomic E-state index is -3.55. The van der Waals surface area contributed by atoms with Gasteiger partial charge in [0.1, 0.15) is 0 Å². The van der Waals surface area contributed by atoms with Crippen LogP contribution in [0, 0.1) is 5.92 Å². The van der Waals surface area contributed by atoms with Gasteiger partial charge in [-0.05, 0) is 36.5 Å². The molecule has 0 radical (unpaired) electrons. The summed E-state index contributed by atoms with van der Waals surface area (Å²) in [6, 6.07) is 5.60. The number of alkyl halides is 2. The van der Waals surface area contributed by atoms with E-state index in [2.05, 4.69) is 19.7 Å². The van der Waals surface area contributed by atoms with Crippen LogP contribution in [0.5, 0.6) is 11.5 Å². The van der Waals surface area contributed by atoms with Crippen LogP contribution in [-0.2, 0) is 0 Å². The first-order valence-electron chi connectivity index (χ1n) is 8.97. The van der Waals surface area contributed by atoms with E-state index >= 15 is 0 Å². The number of nitrogens with zero attached hydrogens (tertiary/aromatic N) is 1. The number of benzene rings is 1. The van der Waals surface area contributed by atoms with Crippen molar-refractivity contribution in [1.82, 2.24) is 10.2 Å². The molecule has 0 aromatic heterocycles. The summed E-state index contributed by atoms with van der Waals surface area (Å²) in [5.74, 6) is 0.873. The molecule has 1 aromatic carbocycles. The number of nitrogens with one attached hydrogen (secondary N) is 1. The number of piperazine rings is 1. The van der Waals surface area contributed by atoms with Crippen molar-refractivity contribution in [2.75, 3.05) is 26.2 Å². The molecule has 0 amide bonds. The highest BCUT2D eigenvalue weighted by molar-refractivity contribution is 5.46. The molecule has 3 aliphatic rings. The van der Waals surface area contributed by atoms with Gasteiger partial charge in [0.05, 0.1) is 0 Å². The van der Waals surface area contributed by atoms with Gasteiger partial charge in [-0.15, -0.1) is 8.78 Å². The van der Waals surface area contributed by atoms with Crippen LogP contribution >= 0.6 is 0 Å². The van der Waals surface area contributed by atoms with Gasteiger partial charge in [0.2, 0.25) is 0 Å². The fourth-order valence-electron chi connectivity index (χ4n) is 4.34. The topological polar surface area (TPSA) is 33.7 Å². The quantitative estimate of drug-likeness (QED) is 0.914. The van der Waals surface area contributed by atoms with Gasteiger partial charge in [-0.1, -0.05) is 25.3 Å². The van der Waals surface area contributed by atoms with Gasteiger partial charge in [0.15, 0.2) is 11.5 Å². The predicted octanol–water partition coefficient (Wildman–Crippen LogP) is 3.53. The van der Waals surface area contributed by atoms with E-state index in [-0.39, 0.29) is 17.5 Å². The Balaban J connectivity index is 1.63. The molecule has 1 aromatic rings. The lowest BCUT2D eigenvalue weighted by atomic mass is 9.80. The first-order valence-corrected chi connectivity index (χ1v) is 8.97. The number of rotatable bonds is 3. The summed E-state index contributed by atoms with van der Waals surface area (Å²) in [6.45, 7) is 3.94. The van der Waals surface area contributed by atoms with Crippen LogP contribution in [0.1, 0.15) is 43.7 Å². The van der Waals surface area contributed by atoms with Gasteiger partial charge in [-0.3, -0.25) is 4.90 Å². The smallest absolute Gasteiger partial charge is 0.395 e. The number of hydrogen-bond donors (Lipinski definition) is 1. The average molecular weight is 338 g/mol. The van der Waals surface area contributed by atoms with E-state index in [0.29, 0.717) is 5.92 Å². The standard InChI is InChI=1S/C18H24F2N2O2/c19-18(20)23-15-7-6-14(12-16(15)24-18)17(13-4-2-1-3-5-13)22-10-8-21-9-11-22/h6-7,12-13,17,21H,1-5,8-11H2/t17-/m0/s1. The monoisotopic (exact) mass is 338 g/mol. The maximum atomic E-state index is 13.3. The van der Waals surface area contributed by atoms with Crippen LogP contribution in [0.3, 0.4) is 0 Å². The molecule has 1 atom stereocenters. The molecule has 132 valence electrons. The minimum absolute atomic E-state index is 0.131. The van der Waals surface area contributed by atoms with Crippen molar-refractivity contribution in [2.45, 2.75) is 44.4 Å². The van der Waals surface area contributed by atoms with Crippen LogP contribution < -0.4 is 14.8 Å². The highest BCUT2D eigenvalue weighted by Crippen LogP contribution is 2.45. The molecule has 0 unspecified atom stereocenters. The van der Waals surface area contributed by atoms with Crippen molar-refractivity contribution in [3.8, 4) is 11.5 Å². The maximum Gasteiger partial charge on any atom is 0.586 e. The SMILES string of the molecule is FC1(F)Oc2ccc([C@H](C3CCCCC3)N3CCNCC3)cc2O1. The number of hydrogen-bond acceptors (Lipinski definition) is 4. The first kappa shape index (κ1) is 16.1. The second kappa shape index (κ2) is 6.48. The Morgan fingerprint density at radius 2 is 1.75 bits per heavy atom. The summed E-state index contributed by atoms with van der Waals surface area (Å²) >= 11 is 0. The molecular formula is C18H24F2N2O2. The molecule has 2 aliphatic heterocycles. The molecule has 4 rings (SSSR count). The molecule has 1 aliphatic carbocycles. The zero-order chi connectivity index (χ0) is 16.6. The van der Waals surface area contributed by atoms with Crippen molar-refractivity contribution in [3.63, 3.8) is 0 Å². The molecule has 1 N–H and O–H groups in total. The lowest BCUT2D eigenvalue weighted by molar-refractivity contribution is -0.286.